The number of nitrogens with zero attached hydrogens (tertiary/aromatic N) is 8. The fourth-order valence-corrected chi connectivity index (χ4v) is 10.1. The van der Waals surface area contributed by atoms with Crippen molar-refractivity contribution in [2.45, 2.75) is 238 Å². The van der Waals surface area contributed by atoms with Gasteiger partial charge in [-0.2, -0.15) is 18.3 Å². The van der Waals surface area contributed by atoms with Gasteiger partial charge >= 0.3 is 6.18 Å². The monoisotopic (exact) mass is 1340 g/mol. The van der Waals surface area contributed by atoms with Crippen molar-refractivity contribution in [1.82, 2.24) is 33.0 Å². The van der Waals surface area contributed by atoms with E-state index in [9.17, 15) is 13.2 Å². The summed E-state index contributed by atoms with van der Waals surface area (Å²) in [6.07, 6.45) is 21.2. The number of benzene rings is 3. The van der Waals surface area contributed by atoms with E-state index in [0.717, 1.165) is 34.0 Å². The molecule has 0 bridgehead atoms. The summed E-state index contributed by atoms with van der Waals surface area (Å²) in [5.74, 6) is 7.13. The molecule has 0 N–H and O–H groups in total. The van der Waals surface area contributed by atoms with E-state index in [1.165, 1.54) is 93.8 Å². The van der Waals surface area contributed by atoms with Crippen LogP contribution in [0.5, 0.6) is 11.5 Å². The molecule has 538 valence electrons. The van der Waals surface area contributed by atoms with Crippen molar-refractivity contribution in [1.29, 1.82) is 0 Å². The summed E-state index contributed by atoms with van der Waals surface area (Å²) in [5, 5.41) is 4.44. The van der Waals surface area contributed by atoms with Crippen LogP contribution >= 0.6 is 0 Å². The molecule has 3 aromatic carbocycles. The van der Waals surface area contributed by atoms with Gasteiger partial charge in [0, 0.05) is 96.2 Å². The van der Waals surface area contributed by atoms with E-state index in [1.54, 1.807) is 20.3 Å². The number of pyridine rings is 1. The highest BCUT2D eigenvalue weighted by Crippen LogP contribution is 2.32. The largest absolute Gasteiger partial charge is 0.493 e. The van der Waals surface area contributed by atoms with Crippen molar-refractivity contribution in [3.8, 4) is 11.5 Å². The fourth-order valence-electron chi connectivity index (χ4n) is 10.1. The normalized spacial score (nSPS) is 11.7. The Bertz CT molecular complexity index is 3430. The molecule has 10 rings (SSSR count). The van der Waals surface area contributed by atoms with Gasteiger partial charge in [0.05, 0.1) is 26.5 Å². The van der Waals surface area contributed by atoms with Crippen molar-refractivity contribution in [2.24, 2.45) is 14.1 Å². The zero-order valence-corrected chi connectivity index (χ0v) is 62.6. The van der Waals surface area contributed by atoms with Crippen LogP contribution in [0.4, 0.5) is 19.0 Å². The molecule has 6 aromatic heterocycles. The first-order chi connectivity index (χ1) is 44.7. The summed E-state index contributed by atoms with van der Waals surface area (Å²) in [5.41, 5.74) is 14.6. The van der Waals surface area contributed by atoms with E-state index < -0.39 is 12.7 Å². The number of hydrogen-bond acceptors (Lipinski definition) is 5. The molecule has 0 unspecified atom stereocenters. The van der Waals surface area contributed by atoms with Crippen molar-refractivity contribution < 1.29 is 22.6 Å². The first-order valence-corrected chi connectivity index (χ1v) is 34.3. The van der Waals surface area contributed by atoms with Crippen LogP contribution in [-0.4, -0.2) is 67.5 Å². The van der Waals surface area contributed by atoms with Gasteiger partial charge in [0.2, 0.25) is 0 Å². The third-order valence-electron chi connectivity index (χ3n) is 16.7. The standard InChI is InChI=1S/C14H17N.C11H18N2.C11H16O2.C10H16N2.C10H14.C9H12F3N.C9H15N.C8H13N.2CH4/c1-12(2)14-8-9-15(11-14)10-13-6-4-3-5-7-13;1-9(2)10-7-12-13(8-10)11-5-3-4-6-11;1-8(2)9-5-6-10(12-3)11(7-9)13-4;1-8(2)9-5-6-10(11-7-9)12(3)4;1-8(2)10-6-4-9(3)5-7-10;1-7(2)8-3-4-13(5-8)6-9(10,11)12;1-7(2)9-5-6-10(4)8(9)3;1-7(2)8-4-5-9(3)6-8;;/h3-9,11-12H,10H2,1-2H3;7-9,11H,3-6H2,1-2H3;5-8H,1-4H3;5-8H,1-4H3;4-8H,1-3H3;3-5,7H,6H2,1-2H3;5-7H,1-4H3;4-7H,1-3H3;2*1H4. The topological polar surface area (TPSA) is 72.1 Å². The Morgan fingerprint density at radius 3 is 1.37 bits per heavy atom. The molecule has 97 heavy (non-hydrogen) atoms. The van der Waals surface area contributed by atoms with Crippen molar-refractivity contribution >= 4 is 5.82 Å². The Morgan fingerprint density at radius 1 is 0.495 bits per heavy atom. The maximum atomic E-state index is 11.9. The van der Waals surface area contributed by atoms with E-state index in [4.69, 9.17) is 9.47 Å². The smallest absolute Gasteiger partial charge is 0.406 e. The second kappa shape index (κ2) is 44.3. The Balaban J connectivity index is 0.000000555. The van der Waals surface area contributed by atoms with E-state index in [1.807, 2.05) is 64.4 Å². The van der Waals surface area contributed by atoms with Crippen LogP contribution in [-0.2, 0) is 27.2 Å². The number of aromatic nitrogens is 7. The van der Waals surface area contributed by atoms with Crippen LogP contribution in [0.25, 0.3) is 0 Å². The van der Waals surface area contributed by atoms with Crippen LogP contribution in [0, 0.1) is 13.8 Å². The third-order valence-corrected chi connectivity index (χ3v) is 16.7. The van der Waals surface area contributed by atoms with Gasteiger partial charge in [0.1, 0.15) is 12.4 Å². The molecule has 0 saturated heterocycles. The maximum Gasteiger partial charge on any atom is 0.406 e. The minimum absolute atomic E-state index is 0. The number of hydrogen-bond donors (Lipinski definition) is 0. The Labute approximate surface area is 587 Å². The van der Waals surface area contributed by atoms with Gasteiger partial charge in [-0.15, -0.1) is 0 Å². The Hall–Kier alpha value is -7.67. The van der Waals surface area contributed by atoms with Crippen LogP contribution in [0.15, 0.2) is 171 Å². The quantitative estimate of drug-likeness (QED) is 0.102. The van der Waals surface area contributed by atoms with Gasteiger partial charge < -0.3 is 32.6 Å². The predicted molar refractivity (Wildman–Crippen MR) is 411 cm³/mol. The SMILES string of the molecule is C.C.CC(C)c1ccc(N(C)C)nc1.CC(C)c1ccn(C)c1.CC(C)c1ccn(CC(F)(F)F)c1.CC(C)c1ccn(Cc2ccccc2)c1.CC(C)c1cnn(C2CCCC2)c1.COc1ccc(C(C)C)cc1OC.Cc1c(C(C)C)ccn1C.Cc1ccc(C(C)C)cc1. The number of aryl methyl sites for hydroxylation is 3. The lowest BCUT2D eigenvalue weighted by Gasteiger charge is -2.12. The van der Waals surface area contributed by atoms with Gasteiger partial charge in [-0.1, -0.05) is 211 Å². The summed E-state index contributed by atoms with van der Waals surface area (Å²) < 4.78 is 56.0. The predicted octanol–water partition coefficient (Wildman–Crippen LogP) is 24.0. The van der Waals surface area contributed by atoms with Gasteiger partial charge in [-0.3, -0.25) is 4.68 Å². The lowest BCUT2D eigenvalue weighted by Crippen LogP contribution is -2.16. The summed E-state index contributed by atoms with van der Waals surface area (Å²) in [4.78, 5) is 6.33. The van der Waals surface area contributed by atoms with Crippen LogP contribution in [0.1, 0.15) is 266 Å². The second-order valence-electron chi connectivity index (χ2n) is 27.7. The molecule has 1 fully saturated rings. The first kappa shape index (κ1) is 87.3. The second-order valence-corrected chi connectivity index (χ2v) is 27.7. The molecule has 0 aliphatic heterocycles. The van der Waals surface area contributed by atoms with Crippen LogP contribution < -0.4 is 14.4 Å². The van der Waals surface area contributed by atoms with E-state index in [2.05, 4.69) is 274 Å². The molecule has 0 atom stereocenters. The molecule has 0 spiro atoms. The van der Waals surface area contributed by atoms with Crippen molar-refractivity contribution in [3.63, 3.8) is 0 Å². The highest BCUT2D eigenvalue weighted by atomic mass is 19.4. The number of methoxy groups -OCH3 is 2. The Morgan fingerprint density at radius 2 is 0.979 bits per heavy atom. The van der Waals surface area contributed by atoms with Crippen molar-refractivity contribution in [2.75, 3.05) is 33.2 Å². The van der Waals surface area contributed by atoms with Gasteiger partial charge in [0.15, 0.2) is 11.5 Å². The molecule has 13 heteroatoms. The highest BCUT2D eigenvalue weighted by molar-refractivity contribution is 5.44. The van der Waals surface area contributed by atoms with E-state index >= 15 is 0 Å². The maximum absolute atomic E-state index is 11.9. The number of ether oxygens (including phenoxy) is 2. The minimum atomic E-state index is -4.13. The summed E-state index contributed by atoms with van der Waals surface area (Å²) in [6.45, 7) is 39.1. The summed E-state index contributed by atoms with van der Waals surface area (Å²) in [6, 6.07) is 38.4. The van der Waals surface area contributed by atoms with E-state index in [0.29, 0.717) is 47.5 Å². The summed E-state index contributed by atoms with van der Waals surface area (Å²) in [7, 11) is 11.4. The summed E-state index contributed by atoms with van der Waals surface area (Å²) >= 11 is 0. The number of rotatable bonds is 15. The average Bonchev–Trinajstić information content (AvgIpc) is 1.87. The molecule has 10 nitrogen and oxygen atoms in total. The molecule has 9 aromatic rings. The molecule has 6 heterocycles. The number of alkyl halides is 3. The lowest BCUT2D eigenvalue weighted by atomic mass is 10.0. The van der Waals surface area contributed by atoms with Crippen LogP contribution in [0.2, 0.25) is 0 Å². The third kappa shape index (κ3) is 32.5. The number of halogens is 3. The highest BCUT2D eigenvalue weighted by Gasteiger charge is 2.27. The Kier molecular flexibility index (Phi) is 39.9. The average molecular weight is 1340 g/mol. The fraction of sp³-hybridized carbons (Fsp3) is 0.500. The minimum Gasteiger partial charge on any atom is -0.493 e. The van der Waals surface area contributed by atoms with Gasteiger partial charge in [-0.05, 0) is 167 Å². The van der Waals surface area contributed by atoms with Gasteiger partial charge in [-0.25, -0.2) is 4.98 Å². The lowest BCUT2D eigenvalue weighted by molar-refractivity contribution is -0.140. The van der Waals surface area contributed by atoms with Gasteiger partial charge in [0.25, 0.3) is 0 Å². The molecule has 1 aliphatic rings. The zero-order valence-electron chi connectivity index (χ0n) is 62.6. The molecule has 1 aliphatic carbocycles. The molecule has 0 radical (unpaired) electrons. The molecular weight excluding hydrogens is 1210 g/mol. The zero-order chi connectivity index (χ0) is 71.1. The van der Waals surface area contributed by atoms with E-state index in [-0.39, 0.29) is 20.8 Å². The number of anilines is 1. The molecule has 0 amide bonds. The van der Waals surface area contributed by atoms with Crippen LogP contribution in [0.3, 0.4) is 0 Å². The molecular formula is C84H129F3N8O2. The molecule has 1 saturated carbocycles. The van der Waals surface area contributed by atoms with Crippen molar-refractivity contribution in [3.05, 3.63) is 232 Å². The first-order valence-electron chi connectivity index (χ1n) is 34.3.